The second kappa shape index (κ2) is 8.00. The molecule has 0 bridgehead atoms. The van der Waals surface area contributed by atoms with Gasteiger partial charge >= 0.3 is 0 Å². The summed E-state index contributed by atoms with van der Waals surface area (Å²) in [5.74, 6) is 0. The van der Waals surface area contributed by atoms with Crippen molar-refractivity contribution >= 4 is 11.4 Å². The minimum Gasteiger partial charge on any atom is -0.381 e. The van der Waals surface area contributed by atoms with Crippen molar-refractivity contribution in [3.05, 3.63) is 79.9 Å². The van der Waals surface area contributed by atoms with Crippen LogP contribution < -0.4 is 0 Å². The first-order chi connectivity index (χ1) is 11.1. The number of hydrogen-bond acceptors (Lipinski definition) is 5. The van der Waals surface area contributed by atoms with Crippen molar-refractivity contribution in [3.63, 3.8) is 0 Å². The molecule has 0 atom stereocenters. The van der Waals surface area contributed by atoms with Gasteiger partial charge in [-0.05, 0) is 24.0 Å². The maximum absolute atomic E-state index is 10.7. The zero-order valence-electron chi connectivity index (χ0n) is 12.4. The van der Waals surface area contributed by atoms with E-state index in [2.05, 4.69) is 0 Å². The fraction of sp³-hybridized carbons (Fsp3) is 0.250. The first-order valence-corrected chi connectivity index (χ1v) is 7.10. The molecule has 2 aromatic rings. The number of hydrogen-bond donors (Lipinski definition) is 0. The maximum Gasteiger partial charge on any atom is 0.269 e. The Balaban J connectivity index is 1.76. The standard InChI is InChI=1S/C16H16N2O5/c19-17(20)15-5-1-3-13(11-15)7-9-23-10-8-14-4-2-6-16(12-14)18(21)22/h1-6,11-12H,7-10H2. The summed E-state index contributed by atoms with van der Waals surface area (Å²) in [6, 6.07) is 12.9. The van der Waals surface area contributed by atoms with E-state index in [1.165, 1.54) is 24.3 Å². The minimum absolute atomic E-state index is 0.0686. The van der Waals surface area contributed by atoms with Gasteiger partial charge in [-0.3, -0.25) is 20.2 Å². The molecule has 0 unspecified atom stereocenters. The van der Waals surface area contributed by atoms with Gasteiger partial charge in [-0.15, -0.1) is 0 Å². The van der Waals surface area contributed by atoms with Gasteiger partial charge in [-0.25, -0.2) is 0 Å². The average Bonchev–Trinajstić information content (AvgIpc) is 2.55. The number of nitrogens with zero attached hydrogens (tertiary/aromatic N) is 2. The van der Waals surface area contributed by atoms with Crippen LogP contribution in [0.3, 0.4) is 0 Å². The van der Waals surface area contributed by atoms with Crippen LogP contribution >= 0.6 is 0 Å². The first kappa shape index (κ1) is 16.6. The highest BCUT2D eigenvalue weighted by molar-refractivity contribution is 5.35. The smallest absolute Gasteiger partial charge is 0.269 e. The van der Waals surface area contributed by atoms with Crippen LogP contribution in [0.2, 0.25) is 0 Å². The fourth-order valence-corrected chi connectivity index (χ4v) is 2.13. The lowest BCUT2D eigenvalue weighted by molar-refractivity contribution is -0.385. The van der Waals surface area contributed by atoms with Crippen LogP contribution in [0.4, 0.5) is 11.4 Å². The fourth-order valence-electron chi connectivity index (χ4n) is 2.13. The summed E-state index contributed by atoms with van der Waals surface area (Å²) in [4.78, 5) is 20.5. The van der Waals surface area contributed by atoms with Crippen LogP contribution in [-0.4, -0.2) is 23.1 Å². The Kier molecular flexibility index (Phi) is 5.76. The summed E-state index contributed by atoms with van der Waals surface area (Å²) in [5.41, 5.74) is 1.82. The van der Waals surface area contributed by atoms with Crippen LogP contribution in [0.25, 0.3) is 0 Å². The summed E-state index contributed by atoms with van der Waals surface area (Å²) >= 11 is 0. The summed E-state index contributed by atoms with van der Waals surface area (Å²) in [7, 11) is 0. The van der Waals surface area contributed by atoms with E-state index in [1.54, 1.807) is 12.1 Å². The molecular formula is C16H16N2O5. The number of non-ortho nitro benzene ring substituents is 2. The van der Waals surface area contributed by atoms with E-state index in [9.17, 15) is 20.2 Å². The van der Waals surface area contributed by atoms with E-state index in [-0.39, 0.29) is 11.4 Å². The highest BCUT2D eigenvalue weighted by Gasteiger charge is 2.06. The molecule has 0 aliphatic rings. The molecule has 23 heavy (non-hydrogen) atoms. The van der Waals surface area contributed by atoms with Crippen LogP contribution in [0.1, 0.15) is 11.1 Å². The predicted octanol–water partition coefficient (Wildman–Crippen LogP) is 3.30. The van der Waals surface area contributed by atoms with Gasteiger partial charge in [-0.1, -0.05) is 24.3 Å². The highest BCUT2D eigenvalue weighted by atomic mass is 16.6. The molecule has 7 heteroatoms. The van der Waals surface area contributed by atoms with E-state index in [0.29, 0.717) is 26.1 Å². The zero-order chi connectivity index (χ0) is 16.7. The van der Waals surface area contributed by atoms with Gasteiger partial charge in [0.15, 0.2) is 0 Å². The van der Waals surface area contributed by atoms with Crippen molar-refractivity contribution in [2.45, 2.75) is 12.8 Å². The molecule has 2 rings (SSSR count). The SMILES string of the molecule is O=[N+]([O-])c1cccc(CCOCCc2cccc([N+](=O)[O-])c2)c1. The Morgan fingerprint density at radius 3 is 1.61 bits per heavy atom. The summed E-state index contributed by atoms with van der Waals surface area (Å²) in [5, 5.41) is 21.4. The Morgan fingerprint density at radius 1 is 0.783 bits per heavy atom. The molecule has 0 aliphatic heterocycles. The Morgan fingerprint density at radius 2 is 1.22 bits per heavy atom. The van der Waals surface area contributed by atoms with Crippen LogP contribution in [0.15, 0.2) is 48.5 Å². The number of benzene rings is 2. The normalized spacial score (nSPS) is 10.4. The van der Waals surface area contributed by atoms with Crippen LogP contribution in [0.5, 0.6) is 0 Å². The van der Waals surface area contributed by atoms with Crippen molar-refractivity contribution in [2.24, 2.45) is 0 Å². The maximum atomic E-state index is 10.7. The largest absolute Gasteiger partial charge is 0.381 e. The lowest BCUT2D eigenvalue weighted by Crippen LogP contribution is -2.03. The quantitative estimate of drug-likeness (QED) is 0.423. The lowest BCUT2D eigenvalue weighted by Gasteiger charge is -2.05. The molecule has 0 saturated heterocycles. The first-order valence-electron chi connectivity index (χ1n) is 7.10. The molecule has 7 nitrogen and oxygen atoms in total. The number of nitro benzene ring substituents is 2. The van der Waals surface area contributed by atoms with Crippen molar-refractivity contribution in [3.8, 4) is 0 Å². The third-order valence-corrected chi connectivity index (χ3v) is 3.31. The predicted molar refractivity (Wildman–Crippen MR) is 84.4 cm³/mol. The summed E-state index contributed by atoms with van der Waals surface area (Å²) < 4.78 is 5.50. The number of nitro groups is 2. The summed E-state index contributed by atoms with van der Waals surface area (Å²) in [6.07, 6.45) is 1.16. The van der Waals surface area contributed by atoms with Crippen LogP contribution in [-0.2, 0) is 17.6 Å². The van der Waals surface area contributed by atoms with E-state index in [4.69, 9.17) is 4.74 Å². The van der Waals surface area contributed by atoms with E-state index in [1.807, 2.05) is 12.1 Å². The summed E-state index contributed by atoms with van der Waals surface area (Å²) in [6.45, 7) is 0.881. The molecule has 0 aliphatic carbocycles. The minimum atomic E-state index is -0.424. The average molecular weight is 316 g/mol. The molecule has 0 amide bonds. The van der Waals surface area contributed by atoms with E-state index < -0.39 is 9.85 Å². The van der Waals surface area contributed by atoms with Gasteiger partial charge in [-0.2, -0.15) is 0 Å². The Labute approximate surface area is 132 Å². The van der Waals surface area contributed by atoms with Crippen molar-refractivity contribution in [2.75, 3.05) is 13.2 Å². The highest BCUT2D eigenvalue weighted by Crippen LogP contribution is 2.15. The van der Waals surface area contributed by atoms with Gasteiger partial charge in [0.1, 0.15) is 0 Å². The number of ether oxygens (including phenoxy) is 1. The van der Waals surface area contributed by atoms with Gasteiger partial charge in [0, 0.05) is 24.3 Å². The second-order valence-electron chi connectivity index (χ2n) is 4.97. The molecule has 0 aromatic heterocycles. The third kappa shape index (κ3) is 5.15. The third-order valence-electron chi connectivity index (χ3n) is 3.31. The van der Waals surface area contributed by atoms with E-state index in [0.717, 1.165) is 11.1 Å². The van der Waals surface area contributed by atoms with Crippen LogP contribution in [0, 0.1) is 20.2 Å². The molecule has 0 fully saturated rings. The van der Waals surface area contributed by atoms with Gasteiger partial charge in [0.2, 0.25) is 0 Å². The Hall–Kier alpha value is -2.80. The lowest BCUT2D eigenvalue weighted by atomic mass is 10.1. The molecule has 0 spiro atoms. The Bertz CT molecular complexity index is 643. The number of rotatable bonds is 8. The van der Waals surface area contributed by atoms with Gasteiger partial charge in [0.05, 0.1) is 23.1 Å². The van der Waals surface area contributed by atoms with Crippen molar-refractivity contribution in [1.82, 2.24) is 0 Å². The van der Waals surface area contributed by atoms with Gasteiger partial charge < -0.3 is 4.74 Å². The molecule has 2 aromatic carbocycles. The van der Waals surface area contributed by atoms with Crippen molar-refractivity contribution in [1.29, 1.82) is 0 Å². The molecule has 0 N–H and O–H groups in total. The zero-order valence-corrected chi connectivity index (χ0v) is 12.4. The molecule has 120 valence electrons. The molecule has 0 heterocycles. The van der Waals surface area contributed by atoms with Gasteiger partial charge in [0.25, 0.3) is 11.4 Å². The second-order valence-corrected chi connectivity index (χ2v) is 4.97. The molecular weight excluding hydrogens is 300 g/mol. The topological polar surface area (TPSA) is 95.5 Å². The molecule has 0 radical (unpaired) electrons. The molecule has 0 saturated carbocycles. The monoisotopic (exact) mass is 316 g/mol. The van der Waals surface area contributed by atoms with E-state index >= 15 is 0 Å². The van der Waals surface area contributed by atoms with Crippen molar-refractivity contribution < 1.29 is 14.6 Å².